The minimum Gasteiger partial charge on any atom is -0.338 e. The van der Waals surface area contributed by atoms with Gasteiger partial charge in [-0.3, -0.25) is 4.90 Å². The van der Waals surface area contributed by atoms with E-state index in [0.29, 0.717) is 0 Å². The van der Waals surface area contributed by atoms with E-state index in [4.69, 9.17) is 0 Å². The van der Waals surface area contributed by atoms with Crippen molar-refractivity contribution >= 4 is 11.7 Å². The van der Waals surface area contributed by atoms with Gasteiger partial charge in [0.2, 0.25) is 0 Å². The molecule has 3 heteroatoms. The topological polar surface area (TPSA) is 32.3 Å². The van der Waals surface area contributed by atoms with E-state index in [0.717, 1.165) is 31.6 Å². The van der Waals surface area contributed by atoms with Crippen LogP contribution in [0.4, 0.5) is 10.5 Å². The highest BCUT2D eigenvalue weighted by atomic mass is 16.2. The first-order valence-corrected chi connectivity index (χ1v) is 8.90. The van der Waals surface area contributed by atoms with Crippen molar-refractivity contribution in [3.63, 3.8) is 0 Å². The number of urea groups is 1. The number of rotatable bonds is 11. The minimum atomic E-state index is 0.0409. The molecule has 124 valence electrons. The first-order chi connectivity index (χ1) is 10.8. The Morgan fingerprint density at radius 2 is 1.55 bits per heavy atom. The number of para-hydroxylation sites is 1. The predicted molar refractivity (Wildman–Crippen MR) is 95.5 cm³/mol. The Hall–Kier alpha value is -1.51. The van der Waals surface area contributed by atoms with Crippen molar-refractivity contribution in [2.75, 3.05) is 18.0 Å². The van der Waals surface area contributed by atoms with E-state index >= 15 is 0 Å². The van der Waals surface area contributed by atoms with Gasteiger partial charge in [-0.05, 0) is 25.0 Å². The molecule has 0 aromatic heterocycles. The summed E-state index contributed by atoms with van der Waals surface area (Å²) in [6, 6.07) is 10.0. The van der Waals surface area contributed by atoms with Gasteiger partial charge in [-0.1, -0.05) is 70.6 Å². The van der Waals surface area contributed by atoms with E-state index in [1.807, 2.05) is 35.2 Å². The number of carbonyl (C=O) groups is 1. The molecule has 1 aromatic rings. The third kappa shape index (κ3) is 7.48. The molecular weight excluding hydrogens is 272 g/mol. The van der Waals surface area contributed by atoms with E-state index in [9.17, 15) is 4.79 Å². The second kappa shape index (κ2) is 12.1. The molecule has 2 amide bonds. The van der Waals surface area contributed by atoms with Crippen LogP contribution in [0.15, 0.2) is 30.3 Å². The van der Waals surface area contributed by atoms with E-state index in [-0.39, 0.29) is 6.03 Å². The third-order valence-corrected chi connectivity index (χ3v) is 3.85. The van der Waals surface area contributed by atoms with Crippen LogP contribution < -0.4 is 10.2 Å². The van der Waals surface area contributed by atoms with Crippen molar-refractivity contribution in [3.8, 4) is 0 Å². The largest absolute Gasteiger partial charge is 0.338 e. The Morgan fingerprint density at radius 1 is 0.909 bits per heavy atom. The van der Waals surface area contributed by atoms with Gasteiger partial charge in [0, 0.05) is 18.8 Å². The Labute approximate surface area is 136 Å². The summed E-state index contributed by atoms with van der Waals surface area (Å²) in [7, 11) is 0. The van der Waals surface area contributed by atoms with Crippen LogP contribution in [0.3, 0.4) is 0 Å². The van der Waals surface area contributed by atoms with Gasteiger partial charge < -0.3 is 5.32 Å². The van der Waals surface area contributed by atoms with Crippen molar-refractivity contribution in [1.82, 2.24) is 5.32 Å². The number of benzene rings is 1. The number of hydrogen-bond donors (Lipinski definition) is 1. The Balaban J connectivity index is 2.47. The SMILES string of the molecule is CCCCCCNC(=O)N(CCCCCC)c1ccccc1. The molecule has 22 heavy (non-hydrogen) atoms. The van der Waals surface area contributed by atoms with Crippen LogP contribution in [0.2, 0.25) is 0 Å². The van der Waals surface area contributed by atoms with Crippen LogP contribution in [0.5, 0.6) is 0 Å². The predicted octanol–water partition coefficient (Wildman–Crippen LogP) is 5.36. The summed E-state index contributed by atoms with van der Waals surface area (Å²) in [6.45, 7) is 5.98. The lowest BCUT2D eigenvalue weighted by atomic mass is 10.2. The normalized spacial score (nSPS) is 10.5. The molecule has 0 bridgehead atoms. The molecule has 0 aliphatic rings. The molecule has 0 radical (unpaired) electrons. The fourth-order valence-electron chi connectivity index (χ4n) is 2.50. The first-order valence-electron chi connectivity index (χ1n) is 8.90. The van der Waals surface area contributed by atoms with Crippen molar-refractivity contribution in [1.29, 1.82) is 0 Å². The first kappa shape index (κ1) is 18.5. The Kier molecular flexibility index (Phi) is 10.2. The molecule has 0 atom stereocenters. The maximum atomic E-state index is 12.5. The van der Waals surface area contributed by atoms with Crippen molar-refractivity contribution in [3.05, 3.63) is 30.3 Å². The fraction of sp³-hybridized carbons (Fsp3) is 0.632. The van der Waals surface area contributed by atoms with Crippen LogP contribution >= 0.6 is 0 Å². The maximum absolute atomic E-state index is 12.5. The molecule has 1 N–H and O–H groups in total. The minimum absolute atomic E-state index is 0.0409. The summed E-state index contributed by atoms with van der Waals surface area (Å²) < 4.78 is 0. The summed E-state index contributed by atoms with van der Waals surface area (Å²) >= 11 is 0. The summed E-state index contributed by atoms with van der Waals surface area (Å²) in [5, 5.41) is 3.07. The molecule has 1 aromatic carbocycles. The van der Waals surface area contributed by atoms with Gasteiger partial charge >= 0.3 is 6.03 Å². The zero-order valence-electron chi connectivity index (χ0n) is 14.3. The van der Waals surface area contributed by atoms with E-state index < -0.39 is 0 Å². The molecule has 0 aliphatic carbocycles. The van der Waals surface area contributed by atoms with Gasteiger partial charge in [0.05, 0.1) is 0 Å². The highest BCUT2D eigenvalue weighted by Crippen LogP contribution is 2.15. The van der Waals surface area contributed by atoms with Crippen LogP contribution in [0.25, 0.3) is 0 Å². The number of unbranched alkanes of at least 4 members (excludes halogenated alkanes) is 6. The van der Waals surface area contributed by atoms with Crippen molar-refractivity contribution in [2.24, 2.45) is 0 Å². The molecule has 0 saturated heterocycles. The number of hydrogen-bond acceptors (Lipinski definition) is 1. The van der Waals surface area contributed by atoms with Crippen LogP contribution in [-0.4, -0.2) is 19.1 Å². The highest BCUT2D eigenvalue weighted by Gasteiger charge is 2.14. The van der Waals surface area contributed by atoms with Crippen LogP contribution in [0.1, 0.15) is 65.2 Å². The monoisotopic (exact) mass is 304 g/mol. The zero-order chi connectivity index (χ0) is 16.0. The summed E-state index contributed by atoms with van der Waals surface area (Å²) in [4.78, 5) is 14.3. The van der Waals surface area contributed by atoms with E-state index in [2.05, 4.69) is 19.2 Å². The second-order valence-electron chi connectivity index (χ2n) is 5.84. The maximum Gasteiger partial charge on any atom is 0.321 e. The van der Waals surface area contributed by atoms with Gasteiger partial charge in [0.1, 0.15) is 0 Å². The quantitative estimate of drug-likeness (QED) is 0.548. The standard InChI is InChI=1S/C19H32N2O/c1-3-5-7-12-16-20-19(22)21(17-13-8-6-4-2)18-14-10-9-11-15-18/h9-11,14-15H,3-8,12-13,16-17H2,1-2H3,(H,20,22). The van der Waals surface area contributed by atoms with Crippen LogP contribution in [-0.2, 0) is 0 Å². The molecular formula is C19H32N2O. The fourth-order valence-corrected chi connectivity index (χ4v) is 2.50. The molecule has 3 nitrogen and oxygen atoms in total. The van der Waals surface area contributed by atoms with Gasteiger partial charge in [-0.2, -0.15) is 0 Å². The highest BCUT2D eigenvalue weighted by molar-refractivity contribution is 5.91. The van der Waals surface area contributed by atoms with E-state index in [1.54, 1.807) is 0 Å². The lowest BCUT2D eigenvalue weighted by Gasteiger charge is -2.23. The van der Waals surface area contributed by atoms with Gasteiger partial charge in [-0.15, -0.1) is 0 Å². The zero-order valence-corrected chi connectivity index (χ0v) is 14.3. The molecule has 0 unspecified atom stereocenters. The molecule has 0 heterocycles. The average molecular weight is 304 g/mol. The van der Waals surface area contributed by atoms with Gasteiger partial charge in [0.15, 0.2) is 0 Å². The Bertz CT molecular complexity index is 392. The summed E-state index contributed by atoms with van der Waals surface area (Å²) in [6.07, 6.45) is 9.43. The lowest BCUT2D eigenvalue weighted by Crippen LogP contribution is -2.41. The van der Waals surface area contributed by atoms with Gasteiger partial charge in [-0.25, -0.2) is 4.79 Å². The molecule has 0 aliphatic heterocycles. The van der Waals surface area contributed by atoms with Crippen molar-refractivity contribution in [2.45, 2.75) is 65.2 Å². The summed E-state index contributed by atoms with van der Waals surface area (Å²) in [5.74, 6) is 0. The smallest absolute Gasteiger partial charge is 0.321 e. The molecule has 0 spiro atoms. The van der Waals surface area contributed by atoms with Gasteiger partial charge in [0.25, 0.3) is 0 Å². The molecule has 0 fully saturated rings. The Morgan fingerprint density at radius 3 is 2.18 bits per heavy atom. The molecule has 1 rings (SSSR count). The number of nitrogens with zero attached hydrogens (tertiary/aromatic N) is 1. The number of nitrogens with one attached hydrogen (secondary N) is 1. The lowest BCUT2D eigenvalue weighted by molar-refractivity contribution is 0.246. The number of amides is 2. The van der Waals surface area contributed by atoms with E-state index in [1.165, 1.54) is 38.5 Å². The van der Waals surface area contributed by atoms with Crippen LogP contribution in [0, 0.1) is 0 Å². The second-order valence-corrected chi connectivity index (χ2v) is 5.84. The molecule has 0 saturated carbocycles. The third-order valence-electron chi connectivity index (χ3n) is 3.85. The number of anilines is 1. The summed E-state index contributed by atoms with van der Waals surface area (Å²) in [5.41, 5.74) is 0.991. The number of carbonyl (C=O) groups excluding carboxylic acids is 1. The average Bonchev–Trinajstić information content (AvgIpc) is 2.55. The van der Waals surface area contributed by atoms with Crippen molar-refractivity contribution < 1.29 is 4.79 Å².